The molecule has 1 saturated heterocycles. The summed E-state index contributed by atoms with van der Waals surface area (Å²) in [5.41, 5.74) is -0.635. The van der Waals surface area contributed by atoms with Gasteiger partial charge in [-0.1, -0.05) is 5.16 Å². The van der Waals surface area contributed by atoms with E-state index >= 15 is 0 Å². The van der Waals surface area contributed by atoms with Crippen molar-refractivity contribution in [3.63, 3.8) is 0 Å². The predicted molar refractivity (Wildman–Crippen MR) is 88.5 cm³/mol. The van der Waals surface area contributed by atoms with Crippen molar-refractivity contribution in [2.45, 2.75) is 24.9 Å². The number of nitrogens with zero attached hydrogens (tertiary/aromatic N) is 5. The van der Waals surface area contributed by atoms with Gasteiger partial charge in [0.05, 0.1) is 12.8 Å². The van der Waals surface area contributed by atoms with Gasteiger partial charge in [0, 0.05) is 27.2 Å². The minimum atomic E-state index is -0.635. The summed E-state index contributed by atoms with van der Waals surface area (Å²) < 4.78 is 10.6. The number of aromatic nitrogens is 2. The van der Waals surface area contributed by atoms with Gasteiger partial charge in [0.2, 0.25) is 17.7 Å². The Balaban J connectivity index is 1.39. The first kappa shape index (κ1) is 15.8. The van der Waals surface area contributed by atoms with Crippen LogP contribution in [-0.2, 0) is 11.3 Å². The number of nitrogens with one attached hydrogen (secondary N) is 1. The van der Waals surface area contributed by atoms with E-state index in [1.165, 1.54) is 0 Å². The molecule has 9 nitrogen and oxygen atoms in total. The van der Waals surface area contributed by atoms with E-state index < -0.39 is 5.54 Å². The van der Waals surface area contributed by atoms with Crippen molar-refractivity contribution in [3.05, 3.63) is 24.3 Å². The molecule has 132 valence electrons. The van der Waals surface area contributed by atoms with Crippen LogP contribution in [0.5, 0.6) is 0 Å². The number of piperidine rings is 1. The normalized spacial score (nSPS) is 19.9. The van der Waals surface area contributed by atoms with Gasteiger partial charge in [-0.3, -0.25) is 15.0 Å². The molecule has 0 radical (unpaired) electrons. The Kier molecular flexibility index (Phi) is 3.79. The summed E-state index contributed by atoms with van der Waals surface area (Å²) in [6.45, 7) is 2.04. The Bertz CT molecular complexity index is 787. The second-order valence-corrected chi connectivity index (χ2v) is 6.58. The Morgan fingerprint density at radius 3 is 2.80 bits per heavy atom. The third-order valence-electron chi connectivity index (χ3n) is 4.64. The van der Waals surface area contributed by atoms with Gasteiger partial charge in [-0.2, -0.15) is 4.98 Å². The minimum Gasteiger partial charge on any atom is -0.461 e. The van der Waals surface area contributed by atoms with Crippen molar-refractivity contribution >= 4 is 11.9 Å². The molecule has 4 rings (SSSR count). The lowest BCUT2D eigenvalue weighted by molar-refractivity contribution is -0.125. The Morgan fingerprint density at radius 1 is 1.36 bits per heavy atom. The Hall–Kier alpha value is -2.68. The molecule has 0 aliphatic carbocycles. The standard InChI is InChI=1S/C16H20N6O3/c1-21(2)15-18-14(23)16(19-15)5-7-22(8-6-16)10-12-17-13(20-25-12)11-4-3-9-24-11/h3-4,9H,5-8,10H2,1-2H3,(H,18,19,23). The molecule has 2 aromatic rings. The molecule has 9 heteroatoms. The molecule has 1 N–H and O–H groups in total. The lowest BCUT2D eigenvalue weighted by Crippen LogP contribution is -2.49. The monoisotopic (exact) mass is 344 g/mol. The molecule has 0 saturated carbocycles. The molecule has 0 bridgehead atoms. The van der Waals surface area contributed by atoms with Crippen LogP contribution in [-0.4, -0.2) is 64.5 Å². The largest absolute Gasteiger partial charge is 0.461 e. The molecule has 0 unspecified atom stereocenters. The van der Waals surface area contributed by atoms with Crippen LogP contribution in [0.3, 0.4) is 0 Å². The average Bonchev–Trinajstić information content (AvgIpc) is 3.31. The van der Waals surface area contributed by atoms with Crippen LogP contribution in [0.25, 0.3) is 11.6 Å². The van der Waals surface area contributed by atoms with Gasteiger partial charge in [0.25, 0.3) is 5.91 Å². The number of hydrogen-bond donors (Lipinski definition) is 1. The van der Waals surface area contributed by atoms with E-state index in [-0.39, 0.29) is 5.91 Å². The highest BCUT2D eigenvalue weighted by molar-refractivity contribution is 6.07. The lowest BCUT2D eigenvalue weighted by atomic mass is 9.88. The van der Waals surface area contributed by atoms with Gasteiger partial charge in [-0.05, 0) is 25.0 Å². The summed E-state index contributed by atoms with van der Waals surface area (Å²) in [5, 5.41) is 6.80. The first-order valence-electron chi connectivity index (χ1n) is 8.23. The van der Waals surface area contributed by atoms with Gasteiger partial charge < -0.3 is 13.8 Å². The first-order chi connectivity index (χ1) is 12.1. The van der Waals surface area contributed by atoms with E-state index in [9.17, 15) is 4.79 Å². The summed E-state index contributed by atoms with van der Waals surface area (Å²) in [4.78, 5) is 25.4. The summed E-state index contributed by atoms with van der Waals surface area (Å²) in [7, 11) is 3.75. The molecule has 1 amide bonds. The van der Waals surface area contributed by atoms with Crippen LogP contribution in [0.2, 0.25) is 0 Å². The van der Waals surface area contributed by atoms with Gasteiger partial charge >= 0.3 is 0 Å². The van der Waals surface area contributed by atoms with Crippen LogP contribution in [0.4, 0.5) is 0 Å². The zero-order chi connectivity index (χ0) is 17.4. The van der Waals surface area contributed by atoms with Crippen LogP contribution < -0.4 is 5.32 Å². The van der Waals surface area contributed by atoms with Gasteiger partial charge in [0.1, 0.15) is 5.54 Å². The Labute approximate surface area is 144 Å². The third-order valence-corrected chi connectivity index (χ3v) is 4.64. The summed E-state index contributed by atoms with van der Waals surface area (Å²) in [6, 6.07) is 3.57. The van der Waals surface area contributed by atoms with E-state index in [2.05, 4.69) is 25.3 Å². The second kappa shape index (κ2) is 5.99. The molecule has 2 aliphatic rings. The molecule has 1 spiro atoms. The number of guanidine groups is 1. The third kappa shape index (κ3) is 2.91. The van der Waals surface area contributed by atoms with Crippen molar-refractivity contribution in [1.29, 1.82) is 0 Å². The highest BCUT2D eigenvalue weighted by Crippen LogP contribution is 2.30. The lowest BCUT2D eigenvalue weighted by Gasteiger charge is -2.34. The van der Waals surface area contributed by atoms with Crippen molar-refractivity contribution in [3.8, 4) is 11.6 Å². The fourth-order valence-electron chi connectivity index (χ4n) is 3.15. The molecule has 2 aromatic heterocycles. The van der Waals surface area contributed by atoms with Crippen LogP contribution in [0.15, 0.2) is 32.3 Å². The molecule has 0 aromatic carbocycles. The zero-order valence-corrected chi connectivity index (χ0v) is 14.2. The number of carbonyl (C=O) groups excluding carboxylic acids is 1. The molecule has 2 aliphatic heterocycles. The fraction of sp³-hybridized carbons (Fsp3) is 0.500. The number of hydrogen-bond acceptors (Lipinski definition) is 8. The summed E-state index contributed by atoms with van der Waals surface area (Å²) in [5.74, 6) is 2.20. The molecular weight excluding hydrogens is 324 g/mol. The molecule has 0 atom stereocenters. The van der Waals surface area contributed by atoms with Gasteiger partial charge in [-0.15, -0.1) is 0 Å². The fourth-order valence-corrected chi connectivity index (χ4v) is 3.15. The maximum absolute atomic E-state index is 12.3. The van der Waals surface area contributed by atoms with E-state index in [1.807, 2.05) is 19.0 Å². The van der Waals surface area contributed by atoms with Crippen molar-refractivity contribution in [2.75, 3.05) is 27.2 Å². The predicted octanol–water partition coefficient (Wildman–Crippen LogP) is 0.712. The van der Waals surface area contributed by atoms with Crippen molar-refractivity contribution < 1.29 is 13.7 Å². The average molecular weight is 344 g/mol. The smallest absolute Gasteiger partial charge is 0.254 e. The summed E-state index contributed by atoms with van der Waals surface area (Å²) >= 11 is 0. The number of furan rings is 1. The second-order valence-electron chi connectivity index (χ2n) is 6.58. The van der Waals surface area contributed by atoms with Crippen molar-refractivity contribution in [1.82, 2.24) is 25.3 Å². The van der Waals surface area contributed by atoms with Crippen LogP contribution in [0.1, 0.15) is 18.7 Å². The molecule has 1 fully saturated rings. The molecule has 25 heavy (non-hydrogen) atoms. The van der Waals surface area contributed by atoms with E-state index in [4.69, 9.17) is 8.94 Å². The highest BCUT2D eigenvalue weighted by Gasteiger charge is 2.46. The van der Waals surface area contributed by atoms with Crippen LogP contribution in [0, 0.1) is 0 Å². The van der Waals surface area contributed by atoms with E-state index in [0.717, 1.165) is 13.1 Å². The minimum absolute atomic E-state index is 0.00579. The number of amides is 1. The molecular formula is C16H20N6O3. The van der Waals surface area contributed by atoms with Gasteiger partial charge in [0.15, 0.2) is 5.76 Å². The maximum atomic E-state index is 12.3. The number of likely N-dealkylation sites (tertiary alicyclic amines) is 1. The topological polar surface area (TPSA) is 100 Å². The van der Waals surface area contributed by atoms with Crippen LogP contribution >= 0.6 is 0 Å². The van der Waals surface area contributed by atoms with Crippen molar-refractivity contribution in [2.24, 2.45) is 4.99 Å². The number of carbonyl (C=O) groups is 1. The SMILES string of the molecule is CN(C)C1=NC2(CCN(Cc3nc(-c4ccco4)no3)CC2)C(=O)N1. The van der Waals surface area contributed by atoms with E-state index in [1.54, 1.807) is 18.4 Å². The first-order valence-corrected chi connectivity index (χ1v) is 8.23. The summed E-state index contributed by atoms with van der Waals surface area (Å²) in [6.07, 6.45) is 2.93. The number of aliphatic imine (C=N–C) groups is 1. The van der Waals surface area contributed by atoms with Gasteiger partial charge in [-0.25, -0.2) is 4.99 Å². The maximum Gasteiger partial charge on any atom is 0.254 e. The zero-order valence-electron chi connectivity index (χ0n) is 14.2. The van der Waals surface area contributed by atoms with E-state index in [0.29, 0.717) is 42.8 Å². The highest BCUT2D eigenvalue weighted by atomic mass is 16.5. The quantitative estimate of drug-likeness (QED) is 0.875. The number of rotatable bonds is 3. The Morgan fingerprint density at radius 2 is 2.16 bits per heavy atom. The molecule has 4 heterocycles.